The van der Waals surface area contributed by atoms with Gasteiger partial charge in [-0.15, -0.1) is 0 Å². The van der Waals surface area contributed by atoms with Crippen molar-refractivity contribution in [3.8, 4) is 5.75 Å². The van der Waals surface area contributed by atoms with Crippen LogP contribution in [0.15, 0.2) is 34.9 Å². The molecule has 0 aliphatic carbocycles. The first-order valence-corrected chi connectivity index (χ1v) is 5.46. The Hall–Kier alpha value is -2.30. The Kier molecular flexibility index (Phi) is 3.62. The first kappa shape index (κ1) is 12.2. The number of ether oxygens (including phenoxy) is 1. The van der Waals surface area contributed by atoms with Crippen molar-refractivity contribution >= 4 is 5.97 Å². The minimum atomic E-state index is -0.935. The summed E-state index contributed by atoms with van der Waals surface area (Å²) in [5, 5.41) is 8.64. The number of methoxy groups -OCH3 is 1. The summed E-state index contributed by atoms with van der Waals surface area (Å²) in [4.78, 5) is 14.6. The second-order valence-corrected chi connectivity index (χ2v) is 3.78. The van der Waals surface area contributed by atoms with Crippen molar-refractivity contribution in [3.05, 3.63) is 47.7 Å². The topological polar surface area (TPSA) is 72.6 Å². The van der Waals surface area contributed by atoms with Gasteiger partial charge in [0.1, 0.15) is 17.9 Å². The predicted molar refractivity (Wildman–Crippen MR) is 63.6 cm³/mol. The fourth-order valence-corrected chi connectivity index (χ4v) is 1.67. The van der Waals surface area contributed by atoms with Crippen LogP contribution >= 0.6 is 0 Å². The van der Waals surface area contributed by atoms with Crippen LogP contribution in [0.3, 0.4) is 0 Å². The Morgan fingerprint density at radius 3 is 2.94 bits per heavy atom. The van der Waals surface area contributed by atoms with Crippen LogP contribution in [0.4, 0.5) is 0 Å². The van der Waals surface area contributed by atoms with Gasteiger partial charge in [-0.3, -0.25) is 4.79 Å². The van der Waals surface area contributed by atoms with E-state index in [4.69, 9.17) is 14.3 Å². The molecule has 5 heteroatoms. The van der Waals surface area contributed by atoms with Crippen molar-refractivity contribution in [1.82, 2.24) is 4.98 Å². The molecule has 0 aliphatic rings. The van der Waals surface area contributed by atoms with E-state index in [0.717, 1.165) is 11.3 Å². The molecule has 18 heavy (non-hydrogen) atoms. The van der Waals surface area contributed by atoms with Crippen molar-refractivity contribution in [2.24, 2.45) is 0 Å². The zero-order valence-corrected chi connectivity index (χ0v) is 9.92. The third kappa shape index (κ3) is 2.88. The maximum absolute atomic E-state index is 10.5. The summed E-state index contributed by atoms with van der Waals surface area (Å²) in [5.41, 5.74) is 0.948. The SMILES string of the molecule is COc1ccccc1Cc1ncc(CC(=O)O)o1. The van der Waals surface area contributed by atoms with Crippen LogP contribution in [0.25, 0.3) is 0 Å². The molecule has 0 saturated heterocycles. The van der Waals surface area contributed by atoms with E-state index >= 15 is 0 Å². The van der Waals surface area contributed by atoms with Gasteiger partial charge in [-0.1, -0.05) is 18.2 Å². The number of aromatic nitrogens is 1. The maximum Gasteiger partial charge on any atom is 0.311 e. The Morgan fingerprint density at radius 2 is 2.22 bits per heavy atom. The maximum atomic E-state index is 10.5. The third-order valence-corrected chi connectivity index (χ3v) is 2.46. The van der Waals surface area contributed by atoms with E-state index in [1.807, 2.05) is 24.3 Å². The van der Waals surface area contributed by atoms with Gasteiger partial charge in [0.25, 0.3) is 0 Å². The number of aliphatic carboxylic acids is 1. The lowest BCUT2D eigenvalue weighted by Gasteiger charge is -2.05. The molecule has 0 aliphatic heterocycles. The van der Waals surface area contributed by atoms with E-state index in [1.165, 1.54) is 6.20 Å². The predicted octanol–water partition coefficient (Wildman–Crippen LogP) is 1.90. The average molecular weight is 247 g/mol. The fourth-order valence-electron chi connectivity index (χ4n) is 1.67. The lowest BCUT2D eigenvalue weighted by molar-refractivity contribution is -0.136. The largest absolute Gasteiger partial charge is 0.496 e. The number of benzene rings is 1. The van der Waals surface area contributed by atoms with Crippen molar-refractivity contribution < 1.29 is 19.1 Å². The van der Waals surface area contributed by atoms with Crippen molar-refractivity contribution in [2.45, 2.75) is 12.8 Å². The number of hydrogen-bond donors (Lipinski definition) is 1. The molecule has 0 unspecified atom stereocenters. The second kappa shape index (κ2) is 5.35. The molecule has 1 aromatic heterocycles. The summed E-state index contributed by atoms with van der Waals surface area (Å²) in [6.45, 7) is 0. The van der Waals surface area contributed by atoms with Crippen molar-refractivity contribution in [2.75, 3.05) is 7.11 Å². The number of carbonyl (C=O) groups is 1. The monoisotopic (exact) mass is 247 g/mol. The summed E-state index contributed by atoms with van der Waals surface area (Å²) in [6.07, 6.45) is 1.77. The smallest absolute Gasteiger partial charge is 0.311 e. The summed E-state index contributed by atoms with van der Waals surface area (Å²) in [5.74, 6) is 0.661. The van der Waals surface area contributed by atoms with Crippen LogP contribution in [-0.4, -0.2) is 23.2 Å². The lowest BCUT2D eigenvalue weighted by atomic mass is 10.1. The summed E-state index contributed by atoms with van der Waals surface area (Å²) >= 11 is 0. The van der Waals surface area contributed by atoms with E-state index in [9.17, 15) is 4.79 Å². The zero-order chi connectivity index (χ0) is 13.0. The molecule has 1 heterocycles. The Balaban J connectivity index is 2.13. The molecule has 5 nitrogen and oxygen atoms in total. The zero-order valence-electron chi connectivity index (χ0n) is 9.92. The molecule has 0 radical (unpaired) electrons. The normalized spacial score (nSPS) is 10.3. The minimum Gasteiger partial charge on any atom is -0.496 e. The van der Waals surface area contributed by atoms with Gasteiger partial charge in [0.05, 0.1) is 19.7 Å². The number of carboxylic acid groups (broad SMARTS) is 1. The van der Waals surface area contributed by atoms with Crippen molar-refractivity contribution in [1.29, 1.82) is 0 Å². The minimum absolute atomic E-state index is 0.154. The van der Waals surface area contributed by atoms with Gasteiger partial charge in [-0.25, -0.2) is 4.98 Å². The van der Waals surface area contributed by atoms with Crippen LogP contribution in [0.5, 0.6) is 5.75 Å². The van der Waals surface area contributed by atoms with Gasteiger partial charge in [-0.2, -0.15) is 0 Å². The van der Waals surface area contributed by atoms with E-state index in [-0.39, 0.29) is 6.42 Å². The van der Waals surface area contributed by atoms with Crippen LogP contribution in [0.1, 0.15) is 17.2 Å². The van der Waals surface area contributed by atoms with Gasteiger partial charge >= 0.3 is 5.97 Å². The van der Waals surface area contributed by atoms with E-state index in [2.05, 4.69) is 4.98 Å². The van der Waals surface area contributed by atoms with Gasteiger partial charge in [0.2, 0.25) is 0 Å². The molecule has 94 valence electrons. The van der Waals surface area contributed by atoms with E-state index in [1.54, 1.807) is 7.11 Å². The first-order valence-electron chi connectivity index (χ1n) is 5.46. The van der Waals surface area contributed by atoms with Gasteiger partial charge in [0.15, 0.2) is 5.89 Å². The van der Waals surface area contributed by atoms with Crippen LogP contribution in [0, 0.1) is 0 Å². The van der Waals surface area contributed by atoms with Crippen molar-refractivity contribution in [3.63, 3.8) is 0 Å². The number of para-hydroxylation sites is 1. The summed E-state index contributed by atoms with van der Waals surface area (Å²) in [6, 6.07) is 7.56. The average Bonchev–Trinajstić information content (AvgIpc) is 2.76. The van der Waals surface area contributed by atoms with Crippen LogP contribution in [-0.2, 0) is 17.6 Å². The Bertz CT molecular complexity index is 547. The Labute approximate surface area is 104 Å². The molecule has 1 N–H and O–H groups in total. The molecule has 0 fully saturated rings. The molecule has 0 amide bonds. The second-order valence-electron chi connectivity index (χ2n) is 3.78. The molecule has 2 rings (SSSR count). The summed E-state index contributed by atoms with van der Waals surface area (Å²) in [7, 11) is 1.60. The highest BCUT2D eigenvalue weighted by molar-refractivity contribution is 5.69. The number of oxazole rings is 1. The van der Waals surface area contributed by atoms with Crippen LogP contribution < -0.4 is 4.74 Å². The van der Waals surface area contributed by atoms with Gasteiger partial charge < -0.3 is 14.3 Å². The van der Waals surface area contributed by atoms with Crippen LogP contribution in [0.2, 0.25) is 0 Å². The number of rotatable bonds is 5. The molecule has 0 atom stereocenters. The number of hydrogen-bond acceptors (Lipinski definition) is 4. The highest BCUT2D eigenvalue weighted by atomic mass is 16.5. The van der Waals surface area contributed by atoms with E-state index < -0.39 is 5.97 Å². The first-order chi connectivity index (χ1) is 8.69. The number of carboxylic acids is 1. The fraction of sp³-hybridized carbons (Fsp3) is 0.231. The van der Waals surface area contributed by atoms with Gasteiger partial charge in [-0.05, 0) is 6.07 Å². The summed E-state index contributed by atoms with van der Waals surface area (Å²) < 4.78 is 10.6. The van der Waals surface area contributed by atoms with Gasteiger partial charge in [0, 0.05) is 5.56 Å². The Morgan fingerprint density at radius 1 is 1.44 bits per heavy atom. The molecule has 2 aromatic rings. The molecule has 0 saturated carbocycles. The lowest BCUT2D eigenvalue weighted by Crippen LogP contribution is -1.98. The highest BCUT2D eigenvalue weighted by Gasteiger charge is 2.10. The quantitative estimate of drug-likeness (QED) is 0.873. The standard InChI is InChI=1S/C13H13NO4/c1-17-11-5-3-2-4-9(11)6-12-14-8-10(18-12)7-13(15)16/h2-5,8H,6-7H2,1H3,(H,15,16). The molecular weight excluding hydrogens is 234 g/mol. The molecule has 0 spiro atoms. The molecule has 0 bridgehead atoms. The third-order valence-electron chi connectivity index (χ3n) is 2.46. The molecule has 1 aromatic carbocycles. The van der Waals surface area contributed by atoms with E-state index in [0.29, 0.717) is 18.1 Å². The molecular formula is C13H13NO4. The number of nitrogens with zero attached hydrogens (tertiary/aromatic N) is 1. The highest BCUT2D eigenvalue weighted by Crippen LogP contribution is 2.20.